The predicted octanol–water partition coefficient (Wildman–Crippen LogP) is 0.967. The highest BCUT2D eigenvalue weighted by molar-refractivity contribution is 5.04. The highest BCUT2D eigenvalue weighted by atomic mass is 19.4. The lowest BCUT2D eigenvalue weighted by Gasteiger charge is -2.21. The number of halogens is 3. The zero-order valence-corrected chi connectivity index (χ0v) is 6.54. The van der Waals surface area contributed by atoms with Crippen molar-refractivity contribution < 1.29 is 23.2 Å². The Morgan fingerprint density at radius 1 is 1.54 bits per heavy atom. The molecule has 0 spiro atoms. The molecule has 1 N–H and O–H groups in total. The van der Waals surface area contributed by atoms with Gasteiger partial charge in [-0.2, -0.15) is 13.2 Å². The Balaban J connectivity index is 2.65. The summed E-state index contributed by atoms with van der Waals surface area (Å²) in [5.41, 5.74) is -2.21. The molecule has 1 aliphatic rings. The fraction of sp³-hybridized carbons (Fsp3) is 1.00. The second-order valence-electron chi connectivity index (χ2n) is 3.19. The molecule has 76 valence electrons. The lowest BCUT2D eigenvalue weighted by atomic mass is 9.99. The van der Waals surface area contributed by atoms with Crippen molar-refractivity contribution in [3.63, 3.8) is 0 Å². The lowest BCUT2D eigenvalue weighted by molar-refractivity contribution is -0.496. The number of nitro groups is 1. The van der Waals surface area contributed by atoms with Crippen LogP contribution in [0.25, 0.3) is 0 Å². The summed E-state index contributed by atoms with van der Waals surface area (Å²) in [6.45, 7) is -1.04. The quantitative estimate of drug-likeness (QED) is 0.544. The van der Waals surface area contributed by atoms with Gasteiger partial charge in [0, 0.05) is 4.92 Å². The number of hydrogen-bond acceptors (Lipinski definition) is 3. The zero-order chi connectivity index (χ0) is 10.3. The second-order valence-corrected chi connectivity index (χ2v) is 3.19. The topological polar surface area (TPSA) is 63.4 Å². The Hall–Kier alpha value is -0.850. The molecule has 0 heterocycles. The van der Waals surface area contributed by atoms with E-state index in [-0.39, 0.29) is 12.8 Å². The highest BCUT2D eigenvalue weighted by Gasteiger charge is 2.68. The maximum Gasteiger partial charge on any atom is 0.397 e. The molecule has 0 aromatic carbocycles. The van der Waals surface area contributed by atoms with Crippen LogP contribution in [0.1, 0.15) is 12.8 Å². The normalized spacial score (nSPS) is 22.5. The molecule has 0 aromatic rings. The average molecular weight is 199 g/mol. The summed E-state index contributed by atoms with van der Waals surface area (Å²) in [4.78, 5) is 8.96. The van der Waals surface area contributed by atoms with Crippen LogP contribution < -0.4 is 0 Å². The first kappa shape index (κ1) is 10.2. The van der Waals surface area contributed by atoms with E-state index in [0.29, 0.717) is 0 Å². The van der Waals surface area contributed by atoms with Crippen molar-refractivity contribution in [3.05, 3.63) is 10.1 Å². The summed E-state index contributed by atoms with van der Waals surface area (Å²) < 4.78 is 36.6. The molecule has 0 bridgehead atoms. The first-order valence-electron chi connectivity index (χ1n) is 3.66. The number of nitrogens with zero attached hydrogens (tertiary/aromatic N) is 1. The van der Waals surface area contributed by atoms with Gasteiger partial charge in [0.25, 0.3) is 0 Å². The zero-order valence-electron chi connectivity index (χ0n) is 6.54. The minimum atomic E-state index is -4.54. The van der Waals surface area contributed by atoms with E-state index < -0.39 is 29.2 Å². The average Bonchev–Trinajstić information content (AvgIpc) is 2.60. The van der Waals surface area contributed by atoms with Gasteiger partial charge < -0.3 is 5.11 Å². The van der Waals surface area contributed by atoms with Crippen LogP contribution in [0.4, 0.5) is 13.2 Å². The Labute approximate surface area is 71.5 Å². The molecule has 0 saturated heterocycles. The first-order valence-corrected chi connectivity index (χ1v) is 3.66. The van der Waals surface area contributed by atoms with Gasteiger partial charge in [-0.25, -0.2) is 0 Å². The molecule has 1 aliphatic carbocycles. The minimum Gasteiger partial charge on any atom is -0.385 e. The van der Waals surface area contributed by atoms with E-state index in [4.69, 9.17) is 5.11 Å². The van der Waals surface area contributed by atoms with Crippen LogP contribution in [-0.4, -0.2) is 28.9 Å². The molecule has 4 nitrogen and oxygen atoms in total. The Morgan fingerprint density at radius 2 is 2.00 bits per heavy atom. The molecule has 0 aliphatic heterocycles. The van der Waals surface area contributed by atoms with Crippen molar-refractivity contribution in [2.24, 2.45) is 5.41 Å². The van der Waals surface area contributed by atoms with Gasteiger partial charge in [-0.15, -0.1) is 0 Å². The van der Waals surface area contributed by atoms with Crippen LogP contribution in [0.15, 0.2) is 0 Å². The Morgan fingerprint density at radius 3 is 2.23 bits per heavy atom. The third kappa shape index (κ3) is 1.74. The van der Waals surface area contributed by atoms with Gasteiger partial charge >= 0.3 is 6.18 Å². The summed E-state index contributed by atoms with van der Waals surface area (Å²) in [6, 6.07) is 0. The van der Waals surface area contributed by atoms with Gasteiger partial charge in [0.1, 0.15) is 6.10 Å². The summed E-state index contributed by atoms with van der Waals surface area (Å²) in [6.07, 6.45) is -6.89. The molecule has 1 rings (SSSR count). The molecule has 1 atom stereocenters. The number of aliphatic hydroxyl groups excluding tert-OH is 1. The molecule has 1 fully saturated rings. The number of hydrogen-bond donors (Lipinski definition) is 1. The van der Waals surface area contributed by atoms with Gasteiger partial charge in [-0.3, -0.25) is 10.1 Å². The van der Waals surface area contributed by atoms with E-state index in [0.717, 1.165) is 0 Å². The number of rotatable bonds is 3. The standard InChI is InChI=1S/C6H8F3NO3/c7-6(8,9)5(1-2-5)4(11)3-10(12)13/h4,11H,1-3H2. The molecular formula is C6H8F3NO3. The number of aliphatic hydroxyl groups is 1. The van der Waals surface area contributed by atoms with Gasteiger partial charge in [-0.1, -0.05) is 0 Å². The second kappa shape index (κ2) is 2.83. The van der Waals surface area contributed by atoms with Crippen molar-refractivity contribution in [1.82, 2.24) is 0 Å². The first-order chi connectivity index (χ1) is 5.79. The van der Waals surface area contributed by atoms with Crippen molar-refractivity contribution in [1.29, 1.82) is 0 Å². The third-order valence-electron chi connectivity index (χ3n) is 2.31. The summed E-state index contributed by atoms with van der Waals surface area (Å²) in [7, 11) is 0. The molecule has 0 amide bonds. The van der Waals surface area contributed by atoms with Crippen molar-refractivity contribution in [2.75, 3.05) is 6.54 Å². The van der Waals surface area contributed by atoms with E-state index in [9.17, 15) is 23.3 Å². The highest BCUT2D eigenvalue weighted by Crippen LogP contribution is 2.59. The minimum absolute atomic E-state index is 0.217. The van der Waals surface area contributed by atoms with E-state index in [1.165, 1.54) is 0 Å². The SMILES string of the molecule is O=[N+]([O-])CC(O)C1(C(F)(F)F)CC1. The van der Waals surface area contributed by atoms with Crippen LogP contribution in [0.3, 0.4) is 0 Å². The number of alkyl halides is 3. The van der Waals surface area contributed by atoms with Gasteiger partial charge in [-0.05, 0) is 12.8 Å². The maximum absolute atomic E-state index is 12.2. The lowest BCUT2D eigenvalue weighted by Crippen LogP contribution is -2.40. The Bertz CT molecular complexity index is 224. The van der Waals surface area contributed by atoms with Crippen LogP contribution in [0, 0.1) is 15.5 Å². The maximum atomic E-state index is 12.2. The van der Waals surface area contributed by atoms with Gasteiger partial charge in [0.2, 0.25) is 6.54 Å². The van der Waals surface area contributed by atoms with E-state index in [2.05, 4.69) is 0 Å². The van der Waals surface area contributed by atoms with Crippen LogP contribution in [-0.2, 0) is 0 Å². The third-order valence-corrected chi connectivity index (χ3v) is 2.31. The smallest absolute Gasteiger partial charge is 0.385 e. The molecule has 0 radical (unpaired) electrons. The van der Waals surface area contributed by atoms with Crippen LogP contribution in [0.2, 0.25) is 0 Å². The van der Waals surface area contributed by atoms with Crippen LogP contribution >= 0.6 is 0 Å². The molecular weight excluding hydrogens is 191 g/mol. The molecule has 0 aromatic heterocycles. The van der Waals surface area contributed by atoms with Gasteiger partial charge in [0.05, 0.1) is 5.41 Å². The van der Waals surface area contributed by atoms with E-state index in [1.807, 2.05) is 0 Å². The predicted molar refractivity (Wildman–Crippen MR) is 35.6 cm³/mol. The van der Waals surface area contributed by atoms with Crippen molar-refractivity contribution in [3.8, 4) is 0 Å². The fourth-order valence-electron chi connectivity index (χ4n) is 1.26. The monoisotopic (exact) mass is 199 g/mol. The largest absolute Gasteiger partial charge is 0.397 e. The summed E-state index contributed by atoms with van der Waals surface area (Å²) in [5.74, 6) is 0. The van der Waals surface area contributed by atoms with E-state index >= 15 is 0 Å². The van der Waals surface area contributed by atoms with Crippen LogP contribution in [0.5, 0.6) is 0 Å². The molecule has 1 saturated carbocycles. The van der Waals surface area contributed by atoms with E-state index in [1.54, 1.807) is 0 Å². The van der Waals surface area contributed by atoms with Gasteiger partial charge in [0.15, 0.2) is 0 Å². The molecule has 1 unspecified atom stereocenters. The molecule has 7 heteroatoms. The van der Waals surface area contributed by atoms with Crippen molar-refractivity contribution >= 4 is 0 Å². The fourth-order valence-corrected chi connectivity index (χ4v) is 1.26. The summed E-state index contributed by atoms with van der Waals surface area (Å²) >= 11 is 0. The molecule has 13 heavy (non-hydrogen) atoms. The Kier molecular flexibility index (Phi) is 2.23. The van der Waals surface area contributed by atoms with Crippen molar-refractivity contribution in [2.45, 2.75) is 25.1 Å². The summed E-state index contributed by atoms with van der Waals surface area (Å²) in [5, 5.41) is 18.9.